The van der Waals surface area contributed by atoms with Crippen molar-refractivity contribution in [1.29, 1.82) is 0 Å². The van der Waals surface area contributed by atoms with Gasteiger partial charge in [-0.05, 0) is 108 Å². The number of fused-ring (bicyclic) bond motifs is 1. The summed E-state index contributed by atoms with van der Waals surface area (Å²) in [5, 5.41) is 7.38. The molecular formula is C53H39N3. The van der Waals surface area contributed by atoms with E-state index in [9.17, 15) is 0 Å². The highest BCUT2D eigenvalue weighted by Gasteiger charge is 2.34. The molecule has 2 aromatic heterocycles. The summed E-state index contributed by atoms with van der Waals surface area (Å²) in [5.74, 6) is 0.704. The molecule has 0 bridgehead atoms. The Morgan fingerprint density at radius 3 is 1.84 bits per heavy atom. The molecule has 56 heavy (non-hydrogen) atoms. The van der Waals surface area contributed by atoms with E-state index in [0.717, 1.165) is 55.7 Å². The maximum absolute atomic E-state index is 5.32. The van der Waals surface area contributed by atoms with Gasteiger partial charge in [-0.25, -0.2) is 9.97 Å². The van der Waals surface area contributed by atoms with E-state index >= 15 is 0 Å². The topological polar surface area (TPSA) is 38.7 Å². The first-order chi connectivity index (χ1) is 27.4. The second-order valence-corrected chi connectivity index (χ2v) is 15.3. The first-order valence-electron chi connectivity index (χ1n) is 19.2. The van der Waals surface area contributed by atoms with Crippen molar-refractivity contribution in [2.45, 2.75) is 26.2 Å². The van der Waals surface area contributed by atoms with Crippen molar-refractivity contribution in [2.24, 2.45) is 0 Å². The molecule has 0 saturated heterocycles. The molecule has 0 unspecified atom stereocenters. The molecule has 0 amide bonds. The maximum Gasteiger partial charge on any atom is 0.161 e. The lowest BCUT2D eigenvalue weighted by Crippen LogP contribution is -2.16. The monoisotopic (exact) mass is 717 g/mol. The van der Waals surface area contributed by atoms with E-state index < -0.39 is 0 Å². The molecule has 266 valence electrons. The van der Waals surface area contributed by atoms with E-state index in [1.807, 2.05) is 30.6 Å². The molecule has 0 N–H and O–H groups in total. The van der Waals surface area contributed by atoms with Crippen LogP contribution in [0.4, 0.5) is 0 Å². The van der Waals surface area contributed by atoms with Crippen LogP contribution in [0.2, 0.25) is 0 Å². The lowest BCUT2D eigenvalue weighted by Gasteiger charge is -2.23. The van der Waals surface area contributed by atoms with Crippen molar-refractivity contribution in [3.05, 3.63) is 199 Å². The molecule has 1 aliphatic carbocycles. The van der Waals surface area contributed by atoms with Crippen LogP contribution in [-0.4, -0.2) is 15.0 Å². The van der Waals surface area contributed by atoms with Gasteiger partial charge in [0.15, 0.2) is 5.82 Å². The molecular weight excluding hydrogens is 679 g/mol. The van der Waals surface area contributed by atoms with Gasteiger partial charge >= 0.3 is 0 Å². The summed E-state index contributed by atoms with van der Waals surface area (Å²) in [5.41, 5.74) is 14.5. The molecule has 0 saturated carbocycles. The van der Waals surface area contributed by atoms with Crippen LogP contribution in [0, 0.1) is 0 Å². The van der Waals surface area contributed by atoms with E-state index in [1.54, 1.807) is 0 Å². The highest BCUT2D eigenvalue weighted by Crippen LogP contribution is 2.47. The molecule has 3 nitrogen and oxygen atoms in total. The number of allylic oxidation sites excluding steroid dienone is 5. The highest BCUT2D eigenvalue weighted by atomic mass is 14.9. The molecule has 0 fully saturated rings. The highest BCUT2D eigenvalue weighted by molar-refractivity contribution is 6.25. The van der Waals surface area contributed by atoms with Crippen molar-refractivity contribution >= 4 is 43.5 Å². The second kappa shape index (κ2) is 13.1. The Hall–Kier alpha value is -6.97. The second-order valence-electron chi connectivity index (χ2n) is 15.3. The number of hydrogen-bond acceptors (Lipinski definition) is 3. The van der Waals surface area contributed by atoms with Crippen LogP contribution in [0.5, 0.6) is 0 Å². The van der Waals surface area contributed by atoms with Crippen molar-refractivity contribution in [2.75, 3.05) is 0 Å². The third kappa shape index (κ3) is 5.47. The Morgan fingerprint density at radius 2 is 1.16 bits per heavy atom. The van der Waals surface area contributed by atoms with Crippen LogP contribution in [-0.2, 0) is 5.41 Å². The minimum atomic E-state index is -0.0930. The molecule has 7 aromatic carbocycles. The third-order valence-corrected chi connectivity index (χ3v) is 11.8. The van der Waals surface area contributed by atoms with Crippen molar-refractivity contribution in [1.82, 2.24) is 15.0 Å². The molecule has 3 heteroatoms. The SMILES string of the molecule is C=C/C(=C\C1=C(C)c2ccccc2C1(C)C)c1ccc(-c2cc(-c3ccc(-c4ccncc4)cc3)nc(-c3ccc4ccc5cccc6ccc3c4c56)n2)cc1. The summed E-state index contributed by atoms with van der Waals surface area (Å²) >= 11 is 0. The first-order valence-corrected chi connectivity index (χ1v) is 19.2. The normalized spacial score (nSPS) is 13.9. The van der Waals surface area contributed by atoms with Gasteiger partial charge in [0.05, 0.1) is 11.4 Å². The Morgan fingerprint density at radius 1 is 0.571 bits per heavy atom. The van der Waals surface area contributed by atoms with Crippen molar-refractivity contribution < 1.29 is 0 Å². The molecule has 0 aliphatic heterocycles. The number of hydrogen-bond donors (Lipinski definition) is 0. The summed E-state index contributed by atoms with van der Waals surface area (Å²) in [6, 6.07) is 52.1. The number of pyridine rings is 1. The Bertz CT molecular complexity index is 3020. The summed E-state index contributed by atoms with van der Waals surface area (Å²) in [4.78, 5) is 14.8. The summed E-state index contributed by atoms with van der Waals surface area (Å²) in [7, 11) is 0. The molecule has 0 radical (unpaired) electrons. The van der Waals surface area contributed by atoms with Gasteiger partial charge in [-0.2, -0.15) is 0 Å². The minimum absolute atomic E-state index is 0.0930. The molecule has 10 rings (SSSR count). The maximum atomic E-state index is 5.32. The van der Waals surface area contributed by atoms with Crippen LogP contribution in [0.25, 0.3) is 88.5 Å². The fourth-order valence-electron chi connectivity index (χ4n) is 8.82. The van der Waals surface area contributed by atoms with E-state index in [4.69, 9.17) is 9.97 Å². The Labute approximate surface area is 327 Å². The molecule has 1 aliphatic rings. The minimum Gasteiger partial charge on any atom is -0.265 e. The average molecular weight is 718 g/mol. The third-order valence-electron chi connectivity index (χ3n) is 11.8. The van der Waals surface area contributed by atoms with Gasteiger partial charge in [0.1, 0.15) is 0 Å². The molecule has 0 spiro atoms. The zero-order valence-corrected chi connectivity index (χ0v) is 31.7. The van der Waals surface area contributed by atoms with Gasteiger partial charge in [-0.15, -0.1) is 0 Å². The van der Waals surface area contributed by atoms with Gasteiger partial charge in [-0.3, -0.25) is 4.98 Å². The van der Waals surface area contributed by atoms with Crippen LogP contribution in [0.15, 0.2) is 182 Å². The van der Waals surface area contributed by atoms with E-state index in [1.165, 1.54) is 49.2 Å². The quantitative estimate of drug-likeness (QED) is 0.122. The summed E-state index contributed by atoms with van der Waals surface area (Å²) in [6.07, 6.45) is 7.95. The van der Waals surface area contributed by atoms with E-state index in [0.29, 0.717) is 5.82 Å². The van der Waals surface area contributed by atoms with Crippen molar-refractivity contribution in [3.8, 4) is 45.0 Å². The van der Waals surface area contributed by atoms with Crippen LogP contribution < -0.4 is 0 Å². The molecule has 0 atom stereocenters. The van der Waals surface area contributed by atoms with Gasteiger partial charge < -0.3 is 0 Å². The zero-order valence-electron chi connectivity index (χ0n) is 31.7. The van der Waals surface area contributed by atoms with Crippen molar-refractivity contribution in [3.63, 3.8) is 0 Å². The number of aromatic nitrogens is 3. The molecule has 2 heterocycles. The van der Waals surface area contributed by atoms with Crippen LogP contribution >= 0.6 is 0 Å². The standard InChI is InChI=1S/C53H39N3/c1-5-34(31-47-33(2)43-11-6-7-12-46(43)53(47,3)4)35-13-17-38(18-14-35)48-32-49(39-19-15-36(16-20-39)37-27-29-54-30-28-37)56-52(55-48)45-26-24-42-22-21-40-9-8-10-41-23-25-44(45)51(42)50(40)41/h5-32H,1H2,2-4H3/b34-31+. The van der Waals surface area contributed by atoms with Gasteiger partial charge in [-0.1, -0.05) is 154 Å². The molecule has 9 aromatic rings. The first kappa shape index (κ1) is 33.6. The lowest BCUT2D eigenvalue weighted by molar-refractivity contribution is 0.654. The smallest absolute Gasteiger partial charge is 0.161 e. The van der Waals surface area contributed by atoms with Crippen LogP contribution in [0.1, 0.15) is 37.5 Å². The van der Waals surface area contributed by atoms with Crippen LogP contribution in [0.3, 0.4) is 0 Å². The Balaban J connectivity index is 1.09. The number of nitrogens with zero attached hydrogens (tertiary/aromatic N) is 3. The zero-order chi connectivity index (χ0) is 38.0. The summed E-state index contributed by atoms with van der Waals surface area (Å²) in [6.45, 7) is 11.1. The predicted octanol–water partition coefficient (Wildman–Crippen LogP) is 13.8. The van der Waals surface area contributed by atoms with E-state index in [2.05, 4.69) is 172 Å². The number of rotatable bonds is 7. The van der Waals surface area contributed by atoms with Gasteiger partial charge in [0, 0.05) is 34.5 Å². The van der Waals surface area contributed by atoms with E-state index in [-0.39, 0.29) is 5.41 Å². The van der Waals surface area contributed by atoms with Gasteiger partial charge in [0.2, 0.25) is 0 Å². The lowest BCUT2D eigenvalue weighted by atomic mass is 9.80. The fraction of sp³-hybridized carbons (Fsp3) is 0.0755. The Kier molecular flexibility index (Phi) is 7.86. The largest absolute Gasteiger partial charge is 0.265 e. The van der Waals surface area contributed by atoms with Gasteiger partial charge in [0.25, 0.3) is 0 Å². The predicted molar refractivity (Wildman–Crippen MR) is 236 cm³/mol. The number of benzene rings is 7. The average Bonchev–Trinajstić information content (AvgIpc) is 3.45. The summed E-state index contributed by atoms with van der Waals surface area (Å²) < 4.78 is 0. The fourth-order valence-corrected chi connectivity index (χ4v) is 8.82.